The van der Waals surface area contributed by atoms with E-state index in [2.05, 4.69) is 28.4 Å². The Hall–Kier alpha value is -4.38. The smallest absolute Gasteiger partial charge is 0.336 e. The molecule has 37 heavy (non-hydrogen) atoms. The molecule has 1 atom stereocenters. The van der Waals surface area contributed by atoms with Crippen LogP contribution < -0.4 is 10.2 Å². The number of fused-ring (bicyclic) bond motifs is 1. The molecule has 1 aliphatic rings. The van der Waals surface area contributed by atoms with Gasteiger partial charge in [-0.3, -0.25) is 4.79 Å². The molecule has 0 saturated carbocycles. The van der Waals surface area contributed by atoms with Crippen molar-refractivity contribution in [1.82, 2.24) is 5.32 Å². The van der Waals surface area contributed by atoms with Gasteiger partial charge in [-0.2, -0.15) is 0 Å². The number of hydrogen-bond donors (Lipinski definition) is 2. The summed E-state index contributed by atoms with van der Waals surface area (Å²) in [6.07, 6.45) is 1.98. The van der Waals surface area contributed by atoms with E-state index in [4.69, 9.17) is 0 Å². The van der Waals surface area contributed by atoms with Gasteiger partial charge >= 0.3 is 5.97 Å². The van der Waals surface area contributed by atoms with Gasteiger partial charge in [0.25, 0.3) is 5.91 Å². The molecule has 4 aromatic rings. The van der Waals surface area contributed by atoms with Gasteiger partial charge < -0.3 is 15.3 Å². The van der Waals surface area contributed by atoms with Gasteiger partial charge in [-0.15, -0.1) is 0 Å². The van der Waals surface area contributed by atoms with Crippen LogP contribution in [0.2, 0.25) is 0 Å². The molecule has 186 valence electrons. The van der Waals surface area contributed by atoms with Gasteiger partial charge in [0.1, 0.15) is 0 Å². The van der Waals surface area contributed by atoms with E-state index in [1.807, 2.05) is 73.7 Å². The third-order valence-electron chi connectivity index (χ3n) is 7.00. The Kier molecular flexibility index (Phi) is 7.04. The summed E-state index contributed by atoms with van der Waals surface area (Å²) in [5.74, 6) is -0.985. The SMILES string of the molecule is C[C@H](NC(=O)c1ccc2c(c1)CCCN2Cc1ccc(-c2ccccc2C(=O)O)cc1)c1ccccc1. The second-order valence-corrected chi connectivity index (χ2v) is 9.52. The summed E-state index contributed by atoms with van der Waals surface area (Å²) in [6.45, 7) is 3.70. The second-order valence-electron chi connectivity index (χ2n) is 9.52. The zero-order valence-electron chi connectivity index (χ0n) is 20.9. The Morgan fingerprint density at radius 3 is 2.41 bits per heavy atom. The van der Waals surface area contributed by atoms with E-state index in [-0.39, 0.29) is 11.9 Å². The van der Waals surface area contributed by atoms with E-state index in [0.29, 0.717) is 11.1 Å². The molecule has 0 aliphatic carbocycles. The molecule has 5 nitrogen and oxygen atoms in total. The Balaban J connectivity index is 1.29. The van der Waals surface area contributed by atoms with Crippen molar-refractivity contribution in [3.63, 3.8) is 0 Å². The first-order valence-corrected chi connectivity index (χ1v) is 12.6. The number of carboxylic acids is 1. The summed E-state index contributed by atoms with van der Waals surface area (Å²) >= 11 is 0. The van der Waals surface area contributed by atoms with E-state index >= 15 is 0 Å². The monoisotopic (exact) mass is 490 g/mol. The van der Waals surface area contributed by atoms with Gasteiger partial charge in [0.05, 0.1) is 11.6 Å². The number of carbonyl (C=O) groups is 2. The number of aryl methyl sites for hydroxylation is 1. The van der Waals surface area contributed by atoms with Crippen LogP contribution in [-0.2, 0) is 13.0 Å². The van der Waals surface area contributed by atoms with Crippen LogP contribution >= 0.6 is 0 Å². The number of anilines is 1. The molecule has 0 radical (unpaired) electrons. The lowest BCUT2D eigenvalue weighted by atomic mass is 9.97. The zero-order chi connectivity index (χ0) is 25.8. The van der Waals surface area contributed by atoms with E-state index in [1.165, 1.54) is 11.3 Å². The predicted molar refractivity (Wildman–Crippen MR) is 147 cm³/mol. The fourth-order valence-electron chi connectivity index (χ4n) is 5.02. The molecule has 0 unspecified atom stereocenters. The second kappa shape index (κ2) is 10.7. The lowest BCUT2D eigenvalue weighted by Gasteiger charge is -2.32. The number of rotatable bonds is 7. The first-order valence-electron chi connectivity index (χ1n) is 12.6. The number of nitrogens with zero attached hydrogens (tertiary/aromatic N) is 1. The lowest BCUT2D eigenvalue weighted by Crippen LogP contribution is -2.30. The highest BCUT2D eigenvalue weighted by Gasteiger charge is 2.20. The number of carbonyl (C=O) groups excluding carboxylic acids is 1. The normalized spacial score (nSPS) is 13.5. The summed E-state index contributed by atoms with van der Waals surface area (Å²) in [6, 6.07) is 31.1. The lowest BCUT2D eigenvalue weighted by molar-refractivity contribution is 0.0697. The van der Waals surface area contributed by atoms with E-state index in [9.17, 15) is 14.7 Å². The summed E-state index contributed by atoms with van der Waals surface area (Å²) in [4.78, 5) is 26.9. The van der Waals surface area contributed by atoms with Gasteiger partial charge in [-0.05, 0) is 71.8 Å². The minimum atomic E-state index is -0.924. The van der Waals surface area contributed by atoms with Crippen molar-refractivity contribution < 1.29 is 14.7 Å². The van der Waals surface area contributed by atoms with Crippen LogP contribution in [0, 0.1) is 0 Å². The Morgan fingerprint density at radius 2 is 1.65 bits per heavy atom. The average molecular weight is 491 g/mol. The van der Waals surface area contributed by atoms with Crippen molar-refractivity contribution in [2.24, 2.45) is 0 Å². The number of aromatic carboxylic acids is 1. The summed E-state index contributed by atoms with van der Waals surface area (Å²) in [5.41, 5.74) is 7.19. The number of nitrogens with one attached hydrogen (secondary N) is 1. The highest BCUT2D eigenvalue weighted by Crippen LogP contribution is 2.30. The molecule has 2 N–H and O–H groups in total. The predicted octanol–water partition coefficient (Wildman–Crippen LogP) is 6.50. The van der Waals surface area contributed by atoms with Gasteiger partial charge in [0.2, 0.25) is 0 Å². The third-order valence-corrected chi connectivity index (χ3v) is 7.00. The highest BCUT2D eigenvalue weighted by molar-refractivity contribution is 5.96. The topological polar surface area (TPSA) is 69.6 Å². The van der Waals surface area contributed by atoms with E-state index in [0.717, 1.165) is 48.2 Å². The van der Waals surface area contributed by atoms with Crippen LogP contribution in [0.1, 0.15) is 56.8 Å². The van der Waals surface area contributed by atoms with Crippen LogP contribution in [0.25, 0.3) is 11.1 Å². The van der Waals surface area contributed by atoms with Gasteiger partial charge in [0.15, 0.2) is 0 Å². The molecular weight excluding hydrogens is 460 g/mol. The van der Waals surface area contributed by atoms with E-state index in [1.54, 1.807) is 12.1 Å². The molecular formula is C32H30N2O3. The van der Waals surface area contributed by atoms with Crippen LogP contribution in [0.15, 0.2) is 97.1 Å². The number of carboxylic acid groups (broad SMARTS) is 1. The quantitative estimate of drug-likeness (QED) is 0.310. The first kappa shape index (κ1) is 24.3. The number of benzene rings is 4. The molecule has 5 heteroatoms. The molecule has 1 heterocycles. The molecule has 0 spiro atoms. The fourth-order valence-corrected chi connectivity index (χ4v) is 5.02. The number of amides is 1. The fraction of sp³-hybridized carbons (Fsp3) is 0.188. The molecule has 4 aromatic carbocycles. The maximum Gasteiger partial charge on any atom is 0.336 e. The van der Waals surface area contributed by atoms with Crippen molar-refractivity contribution in [1.29, 1.82) is 0 Å². The molecule has 1 amide bonds. The summed E-state index contributed by atoms with van der Waals surface area (Å²) < 4.78 is 0. The Morgan fingerprint density at radius 1 is 0.919 bits per heavy atom. The molecule has 0 saturated heterocycles. The third kappa shape index (κ3) is 5.41. The number of hydrogen-bond acceptors (Lipinski definition) is 3. The highest BCUT2D eigenvalue weighted by atomic mass is 16.4. The largest absolute Gasteiger partial charge is 0.478 e. The maximum atomic E-state index is 12.9. The first-order chi connectivity index (χ1) is 18.0. The minimum absolute atomic E-state index is 0.0616. The zero-order valence-corrected chi connectivity index (χ0v) is 20.9. The Labute approximate surface area is 217 Å². The molecule has 0 bridgehead atoms. The molecule has 0 aromatic heterocycles. The van der Waals surface area contributed by atoms with Crippen molar-refractivity contribution in [3.8, 4) is 11.1 Å². The van der Waals surface area contributed by atoms with Crippen LogP contribution in [-0.4, -0.2) is 23.5 Å². The van der Waals surface area contributed by atoms with Gasteiger partial charge in [0, 0.05) is 24.3 Å². The average Bonchev–Trinajstić information content (AvgIpc) is 2.93. The van der Waals surface area contributed by atoms with Crippen LogP contribution in [0.5, 0.6) is 0 Å². The molecule has 0 fully saturated rings. The molecule has 1 aliphatic heterocycles. The maximum absolute atomic E-state index is 12.9. The van der Waals surface area contributed by atoms with Gasteiger partial charge in [-0.1, -0.05) is 72.8 Å². The van der Waals surface area contributed by atoms with Crippen molar-refractivity contribution >= 4 is 17.6 Å². The standard InChI is InChI=1S/C32H30N2O3/c1-22(24-8-3-2-4-9-24)33-31(35)27-17-18-30-26(20-27)10-7-19-34(30)21-23-13-15-25(16-14-23)28-11-5-6-12-29(28)32(36)37/h2-6,8-9,11-18,20,22H,7,10,19,21H2,1H3,(H,33,35)(H,36,37)/t22-/m0/s1. The van der Waals surface area contributed by atoms with E-state index < -0.39 is 5.97 Å². The summed E-state index contributed by atoms with van der Waals surface area (Å²) in [7, 11) is 0. The van der Waals surface area contributed by atoms with Crippen molar-refractivity contribution in [3.05, 3.63) is 125 Å². The van der Waals surface area contributed by atoms with Crippen molar-refractivity contribution in [2.45, 2.75) is 32.4 Å². The minimum Gasteiger partial charge on any atom is -0.478 e. The van der Waals surface area contributed by atoms with Crippen molar-refractivity contribution in [2.75, 3.05) is 11.4 Å². The molecule has 5 rings (SSSR count). The Bertz CT molecular complexity index is 1410. The van der Waals surface area contributed by atoms with Crippen LogP contribution in [0.4, 0.5) is 5.69 Å². The summed E-state index contributed by atoms with van der Waals surface area (Å²) in [5, 5.41) is 12.6. The van der Waals surface area contributed by atoms with Crippen LogP contribution in [0.3, 0.4) is 0 Å². The van der Waals surface area contributed by atoms with Gasteiger partial charge in [-0.25, -0.2) is 4.79 Å².